The average Bonchev–Trinajstić information content (AvgIpc) is 3.02. The Morgan fingerprint density at radius 3 is 2.77 bits per heavy atom. The summed E-state index contributed by atoms with van der Waals surface area (Å²) in [5.74, 6) is -0.116. The topological polar surface area (TPSA) is 149 Å². The molecule has 0 spiro atoms. The highest BCUT2D eigenvalue weighted by Gasteiger charge is 2.49. The molecule has 0 aliphatic carbocycles. The number of nitrogens with two attached hydrogens (primary N) is 1. The average molecular weight is 371 g/mol. The Morgan fingerprint density at radius 2 is 2.15 bits per heavy atom. The van der Waals surface area contributed by atoms with Gasteiger partial charge in [0.1, 0.15) is 17.7 Å². The second-order valence-corrected chi connectivity index (χ2v) is 6.45. The lowest BCUT2D eigenvalue weighted by atomic mass is 10.1. The van der Waals surface area contributed by atoms with Crippen molar-refractivity contribution in [2.75, 3.05) is 5.73 Å². The number of aromatic nitrogens is 4. The van der Waals surface area contributed by atoms with Gasteiger partial charge in [-0.15, -0.1) is 0 Å². The maximum absolute atomic E-state index is 14.4. The second kappa shape index (κ2) is 6.91. The van der Waals surface area contributed by atoms with E-state index in [2.05, 4.69) is 9.97 Å². The second-order valence-electron chi connectivity index (χ2n) is 6.45. The lowest BCUT2D eigenvalue weighted by Crippen LogP contribution is -2.36. The van der Waals surface area contributed by atoms with Crippen LogP contribution in [0.4, 0.5) is 10.3 Å². The number of rotatable bonds is 5. The number of nitrogen functional groups attached to an aromatic ring is 1. The van der Waals surface area contributed by atoms with E-state index in [-0.39, 0.29) is 30.1 Å². The van der Waals surface area contributed by atoms with Crippen LogP contribution in [0.15, 0.2) is 11.0 Å². The molecule has 2 aromatic rings. The third kappa shape index (κ3) is 2.96. The molecule has 5 N–H and O–H groups in total. The first-order chi connectivity index (χ1) is 12.3. The lowest BCUT2D eigenvalue weighted by molar-refractivity contribution is -0.0800. The molecular weight excluding hydrogens is 349 g/mol. The zero-order valence-electron chi connectivity index (χ0n) is 14.4. The van der Waals surface area contributed by atoms with Gasteiger partial charge in [-0.1, -0.05) is 6.92 Å². The molecule has 0 amide bonds. The van der Waals surface area contributed by atoms with E-state index in [1.807, 2.05) is 0 Å². The zero-order chi connectivity index (χ0) is 19.2. The van der Waals surface area contributed by atoms with E-state index in [4.69, 9.17) is 10.5 Å². The van der Waals surface area contributed by atoms with Crippen LogP contribution in [0.5, 0.6) is 0 Å². The van der Waals surface area contributed by atoms with Crippen LogP contribution in [-0.2, 0) is 11.3 Å². The van der Waals surface area contributed by atoms with E-state index in [1.54, 1.807) is 6.92 Å². The van der Waals surface area contributed by atoms with Gasteiger partial charge in [-0.2, -0.15) is 4.98 Å². The highest BCUT2D eigenvalue weighted by Crippen LogP contribution is 2.34. The fourth-order valence-electron chi connectivity index (χ4n) is 3.16. The number of anilines is 1. The monoisotopic (exact) mass is 371 g/mol. The summed E-state index contributed by atoms with van der Waals surface area (Å²) >= 11 is 0. The van der Waals surface area contributed by atoms with Gasteiger partial charge in [0.05, 0.1) is 24.9 Å². The Bertz CT molecular complexity index is 853. The van der Waals surface area contributed by atoms with Crippen molar-refractivity contribution in [1.29, 1.82) is 0 Å². The molecule has 11 heteroatoms. The highest BCUT2D eigenvalue weighted by atomic mass is 19.1. The summed E-state index contributed by atoms with van der Waals surface area (Å²) in [5.41, 5.74) is 5.24. The van der Waals surface area contributed by atoms with E-state index >= 15 is 0 Å². The molecule has 1 unspecified atom stereocenters. The first kappa shape index (κ1) is 18.7. The summed E-state index contributed by atoms with van der Waals surface area (Å²) in [6.45, 7) is 3.09. The standard InChI is InChI=1S/C15H22FN5O5/c1-3-8(23)11-9(16)10(24)13(26-11)21-12-7(4-18-14(17)19-12)20(15(21)25)5-6(2)22/h4,6,8-11,13,22-24H,3,5H2,1-2H3,(H2,17,18,19)/t6?,8-,9+,10+,11+,13+/m0/s1. The molecule has 2 aromatic heterocycles. The molecule has 1 aliphatic heterocycles. The minimum absolute atomic E-state index is 0.0473. The molecule has 26 heavy (non-hydrogen) atoms. The van der Waals surface area contributed by atoms with Crippen molar-refractivity contribution in [3.63, 3.8) is 0 Å². The Labute approximate surface area is 147 Å². The minimum Gasteiger partial charge on any atom is -0.392 e. The fourth-order valence-corrected chi connectivity index (χ4v) is 3.16. The van der Waals surface area contributed by atoms with Gasteiger partial charge in [-0.3, -0.25) is 4.57 Å². The van der Waals surface area contributed by atoms with Crippen molar-refractivity contribution in [2.24, 2.45) is 0 Å². The molecule has 10 nitrogen and oxygen atoms in total. The Morgan fingerprint density at radius 1 is 1.46 bits per heavy atom. The van der Waals surface area contributed by atoms with Gasteiger partial charge in [0, 0.05) is 0 Å². The quantitative estimate of drug-likeness (QED) is 0.519. The van der Waals surface area contributed by atoms with Crippen LogP contribution in [0, 0.1) is 0 Å². The molecule has 0 aromatic carbocycles. The molecule has 0 saturated carbocycles. The molecule has 0 bridgehead atoms. The molecule has 1 saturated heterocycles. The summed E-state index contributed by atoms with van der Waals surface area (Å²) in [7, 11) is 0. The van der Waals surface area contributed by atoms with Crippen LogP contribution in [0.3, 0.4) is 0 Å². The van der Waals surface area contributed by atoms with E-state index in [0.29, 0.717) is 0 Å². The van der Waals surface area contributed by atoms with Crippen LogP contribution in [0.1, 0.15) is 26.5 Å². The Hall–Kier alpha value is -2.08. The molecule has 6 atom stereocenters. The highest BCUT2D eigenvalue weighted by molar-refractivity contribution is 5.72. The lowest BCUT2D eigenvalue weighted by Gasteiger charge is -2.18. The van der Waals surface area contributed by atoms with Crippen LogP contribution in [-0.4, -0.2) is 65.0 Å². The number of nitrogens with zero attached hydrogens (tertiary/aromatic N) is 4. The van der Waals surface area contributed by atoms with Gasteiger partial charge < -0.3 is 25.8 Å². The van der Waals surface area contributed by atoms with E-state index in [9.17, 15) is 24.5 Å². The number of aliphatic hydroxyl groups is 3. The first-order valence-corrected chi connectivity index (χ1v) is 8.33. The van der Waals surface area contributed by atoms with Gasteiger partial charge >= 0.3 is 5.69 Å². The number of hydrogen-bond acceptors (Lipinski definition) is 8. The van der Waals surface area contributed by atoms with Crippen LogP contribution >= 0.6 is 0 Å². The molecular formula is C15H22FN5O5. The summed E-state index contributed by atoms with van der Waals surface area (Å²) < 4.78 is 22.1. The van der Waals surface area contributed by atoms with Crippen molar-refractivity contribution in [3.8, 4) is 0 Å². The van der Waals surface area contributed by atoms with E-state index in [0.717, 1.165) is 4.57 Å². The van der Waals surface area contributed by atoms with Crippen LogP contribution in [0.25, 0.3) is 11.2 Å². The first-order valence-electron chi connectivity index (χ1n) is 8.33. The van der Waals surface area contributed by atoms with Crippen molar-refractivity contribution in [1.82, 2.24) is 19.1 Å². The van der Waals surface area contributed by atoms with E-state index in [1.165, 1.54) is 17.7 Å². The minimum atomic E-state index is -1.88. The summed E-state index contributed by atoms with van der Waals surface area (Å²) in [6.07, 6.45) is -6.68. The largest absolute Gasteiger partial charge is 0.392 e. The summed E-state index contributed by atoms with van der Waals surface area (Å²) in [4.78, 5) is 20.7. The number of alkyl halides is 1. The van der Waals surface area contributed by atoms with Gasteiger partial charge in [0.25, 0.3) is 0 Å². The zero-order valence-corrected chi connectivity index (χ0v) is 14.4. The maximum atomic E-state index is 14.4. The number of hydrogen-bond donors (Lipinski definition) is 4. The van der Waals surface area contributed by atoms with Crippen molar-refractivity contribution >= 4 is 17.1 Å². The van der Waals surface area contributed by atoms with Crippen molar-refractivity contribution in [3.05, 3.63) is 16.7 Å². The molecule has 3 heterocycles. The van der Waals surface area contributed by atoms with Gasteiger partial charge in [-0.05, 0) is 13.3 Å². The molecule has 1 aliphatic rings. The molecule has 3 rings (SSSR count). The van der Waals surface area contributed by atoms with Crippen molar-refractivity contribution < 1.29 is 24.4 Å². The predicted molar refractivity (Wildman–Crippen MR) is 89.0 cm³/mol. The smallest absolute Gasteiger partial charge is 0.332 e. The predicted octanol–water partition coefficient (Wildman–Crippen LogP) is -1.08. The fraction of sp³-hybridized carbons (Fsp3) is 0.667. The molecule has 1 fully saturated rings. The number of aliphatic hydroxyl groups excluding tert-OH is 3. The Balaban J connectivity index is 2.14. The van der Waals surface area contributed by atoms with E-state index < -0.39 is 42.5 Å². The SMILES string of the molecule is CC[C@H](O)[C@H]1O[C@@H](n2c(=O)n(CC(C)O)c3cnc(N)nc32)[C@H](O)[C@H]1F. The summed E-state index contributed by atoms with van der Waals surface area (Å²) in [6, 6.07) is 0. The maximum Gasteiger partial charge on any atom is 0.332 e. The number of halogens is 1. The molecule has 144 valence electrons. The van der Waals surface area contributed by atoms with Crippen molar-refractivity contribution in [2.45, 2.75) is 63.6 Å². The third-order valence-corrected chi connectivity index (χ3v) is 4.45. The normalized spacial score (nSPS) is 28.5. The number of fused-ring (bicyclic) bond motifs is 1. The van der Waals surface area contributed by atoms with Gasteiger partial charge in [-0.25, -0.2) is 18.7 Å². The van der Waals surface area contributed by atoms with Gasteiger partial charge in [0.15, 0.2) is 18.0 Å². The van der Waals surface area contributed by atoms with Crippen LogP contribution in [0.2, 0.25) is 0 Å². The molecule has 0 radical (unpaired) electrons. The number of imidazole rings is 1. The van der Waals surface area contributed by atoms with Gasteiger partial charge in [0.2, 0.25) is 5.95 Å². The number of ether oxygens (including phenoxy) is 1. The summed E-state index contributed by atoms with van der Waals surface area (Å²) in [5, 5.41) is 29.8. The van der Waals surface area contributed by atoms with Crippen LogP contribution < -0.4 is 11.4 Å². The third-order valence-electron chi connectivity index (χ3n) is 4.45. The Kier molecular flexibility index (Phi) is 4.97.